The molecule has 0 spiro atoms. The third-order valence-corrected chi connectivity index (χ3v) is 5.25. The lowest BCUT2D eigenvalue weighted by Gasteiger charge is -2.13. The molecule has 2 heterocycles. The second-order valence-corrected chi connectivity index (χ2v) is 7.44. The predicted molar refractivity (Wildman–Crippen MR) is 106 cm³/mol. The van der Waals surface area contributed by atoms with Crippen LogP contribution in [0.2, 0.25) is 0 Å². The van der Waals surface area contributed by atoms with Gasteiger partial charge in [-0.1, -0.05) is 43.0 Å². The number of thioether (sulfide) groups is 1. The number of carboxylic acids is 1. The first-order valence-electron chi connectivity index (χ1n) is 8.25. The summed E-state index contributed by atoms with van der Waals surface area (Å²) in [5, 5.41) is 9.05. The molecule has 6 nitrogen and oxygen atoms in total. The average Bonchev–Trinajstić information content (AvgIpc) is 3.25. The van der Waals surface area contributed by atoms with Crippen LogP contribution in [0.25, 0.3) is 6.08 Å². The molecule has 2 aromatic rings. The summed E-state index contributed by atoms with van der Waals surface area (Å²) < 4.78 is 11.2. The fraction of sp³-hybridized carbons (Fsp3) is 0.211. The van der Waals surface area contributed by atoms with Crippen LogP contribution >= 0.6 is 24.0 Å². The predicted octanol–water partition coefficient (Wildman–Crippen LogP) is 3.92. The second kappa shape index (κ2) is 8.41. The smallest absolute Gasteiger partial charge is 0.344 e. The van der Waals surface area contributed by atoms with Crippen molar-refractivity contribution in [1.82, 2.24) is 4.90 Å². The normalized spacial score (nSPS) is 16.8. The molecule has 1 unspecified atom stereocenters. The molecule has 1 fully saturated rings. The number of ether oxygens (including phenoxy) is 1. The Morgan fingerprint density at radius 2 is 2.11 bits per heavy atom. The number of furan rings is 1. The fourth-order valence-electron chi connectivity index (χ4n) is 2.46. The molecule has 1 N–H and O–H groups in total. The van der Waals surface area contributed by atoms with Gasteiger partial charge in [0.05, 0.1) is 17.7 Å². The summed E-state index contributed by atoms with van der Waals surface area (Å²) in [5.41, 5.74) is 0.796. The van der Waals surface area contributed by atoms with Crippen LogP contribution < -0.4 is 4.74 Å². The summed E-state index contributed by atoms with van der Waals surface area (Å²) in [4.78, 5) is 25.7. The van der Waals surface area contributed by atoms with E-state index in [-0.39, 0.29) is 5.91 Å². The number of hydrogen-bond acceptors (Lipinski definition) is 6. The van der Waals surface area contributed by atoms with Gasteiger partial charge < -0.3 is 14.3 Å². The lowest BCUT2D eigenvalue weighted by molar-refractivity contribution is -0.145. The molecule has 1 aromatic carbocycles. The van der Waals surface area contributed by atoms with E-state index < -0.39 is 12.1 Å². The van der Waals surface area contributed by atoms with E-state index in [0.29, 0.717) is 33.7 Å². The molecule has 1 aliphatic heterocycles. The van der Waals surface area contributed by atoms with Crippen molar-refractivity contribution in [1.29, 1.82) is 0 Å². The number of amides is 1. The molecule has 0 aliphatic carbocycles. The van der Waals surface area contributed by atoms with E-state index in [1.807, 2.05) is 0 Å². The summed E-state index contributed by atoms with van der Waals surface area (Å²) in [5.74, 6) is -0.0369. The first kappa shape index (κ1) is 19.2. The van der Waals surface area contributed by atoms with Gasteiger partial charge in [0.1, 0.15) is 15.8 Å². The van der Waals surface area contributed by atoms with E-state index in [1.165, 1.54) is 16.7 Å². The molecule has 0 radical (unpaired) electrons. The van der Waals surface area contributed by atoms with Crippen molar-refractivity contribution in [3.8, 4) is 5.75 Å². The third kappa shape index (κ3) is 4.58. The van der Waals surface area contributed by atoms with Crippen molar-refractivity contribution in [2.45, 2.75) is 26.0 Å². The number of carbonyl (C=O) groups is 2. The van der Waals surface area contributed by atoms with Crippen LogP contribution in [0, 0.1) is 0 Å². The van der Waals surface area contributed by atoms with Crippen LogP contribution in [0.1, 0.15) is 24.7 Å². The topological polar surface area (TPSA) is 80.0 Å². The quantitative estimate of drug-likeness (QED) is 0.554. The van der Waals surface area contributed by atoms with Gasteiger partial charge in [-0.05, 0) is 42.3 Å². The second-order valence-electron chi connectivity index (χ2n) is 5.77. The van der Waals surface area contributed by atoms with Crippen LogP contribution in [0.3, 0.4) is 0 Å². The number of rotatable bonds is 7. The van der Waals surface area contributed by atoms with E-state index in [0.717, 1.165) is 5.56 Å². The van der Waals surface area contributed by atoms with E-state index in [4.69, 9.17) is 26.5 Å². The van der Waals surface area contributed by atoms with Gasteiger partial charge in [0, 0.05) is 0 Å². The van der Waals surface area contributed by atoms with Crippen molar-refractivity contribution in [3.63, 3.8) is 0 Å². The van der Waals surface area contributed by atoms with Crippen LogP contribution in [-0.2, 0) is 16.1 Å². The third-order valence-electron chi connectivity index (χ3n) is 3.87. The summed E-state index contributed by atoms with van der Waals surface area (Å²) >= 11 is 6.54. The number of hydrogen-bond donors (Lipinski definition) is 1. The lowest BCUT2D eigenvalue weighted by atomic mass is 10.2. The maximum atomic E-state index is 12.6. The highest BCUT2D eigenvalue weighted by Gasteiger charge is 2.32. The maximum Gasteiger partial charge on any atom is 0.344 e. The number of thiocarbonyl (C=S) groups is 1. The van der Waals surface area contributed by atoms with Gasteiger partial charge in [-0.25, -0.2) is 4.79 Å². The standard InChI is InChI=1S/C19H17NO5S2/c1-2-15(18(22)23)25-13-7-5-12(6-8-13)10-16-17(21)20(19(26)27-16)11-14-4-3-9-24-14/h3-10,15H,2,11H2,1H3,(H,22,23)/b16-10+. The van der Waals surface area contributed by atoms with Gasteiger partial charge in [-0.2, -0.15) is 0 Å². The highest BCUT2D eigenvalue weighted by molar-refractivity contribution is 8.26. The summed E-state index contributed by atoms with van der Waals surface area (Å²) in [6.07, 6.45) is 2.79. The molecule has 1 aromatic heterocycles. The Labute approximate surface area is 165 Å². The van der Waals surface area contributed by atoms with Crippen LogP contribution in [0.15, 0.2) is 52.0 Å². The van der Waals surface area contributed by atoms with Gasteiger partial charge in [0.2, 0.25) is 0 Å². The van der Waals surface area contributed by atoms with Gasteiger partial charge in [0.25, 0.3) is 5.91 Å². The average molecular weight is 403 g/mol. The van der Waals surface area contributed by atoms with Crippen molar-refractivity contribution in [2.24, 2.45) is 0 Å². The van der Waals surface area contributed by atoms with Crippen molar-refractivity contribution in [3.05, 3.63) is 58.9 Å². The van der Waals surface area contributed by atoms with Gasteiger partial charge in [-0.3, -0.25) is 9.69 Å². The van der Waals surface area contributed by atoms with Gasteiger partial charge in [0.15, 0.2) is 6.10 Å². The molecule has 27 heavy (non-hydrogen) atoms. The van der Waals surface area contributed by atoms with E-state index in [9.17, 15) is 9.59 Å². The Bertz CT molecular complexity index is 874. The first-order valence-corrected chi connectivity index (χ1v) is 9.47. The minimum Gasteiger partial charge on any atom is -0.479 e. The Hall–Kier alpha value is -2.58. The molecule has 8 heteroatoms. The summed E-state index contributed by atoms with van der Waals surface area (Å²) in [6, 6.07) is 10.5. The molecule has 1 saturated heterocycles. The maximum absolute atomic E-state index is 12.6. The summed E-state index contributed by atoms with van der Waals surface area (Å²) in [6.45, 7) is 2.05. The molecule has 1 aliphatic rings. The number of nitrogens with zero attached hydrogens (tertiary/aromatic N) is 1. The minimum atomic E-state index is -0.998. The fourth-order valence-corrected chi connectivity index (χ4v) is 3.72. The molecule has 0 bridgehead atoms. The van der Waals surface area contributed by atoms with Crippen LogP contribution in [0.4, 0.5) is 0 Å². The van der Waals surface area contributed by atoms with Crippen LogP contribution in [0.5, 0.6) is 5.75 Å². The number of carboxylic acid groups (broad SMARTS) is 1. The number of benzene rings is 1. The minimum absolute atomic E-state index is 0.168. The molecular formula is C19H17NO5S2. The highest BCUT2D eigenvalue weighted by atomic mass is 32.2. The molecule has 1 amide bonds. The van der Waals surface area contributed by atoms with E-state index in [2.05, 4.69) is 0 Å². The zero-order valence-electron chi connectivity index (χ0n) is 14.5. The Morgan fingerprint density at radius 1 is 1.37 bits per heavy atom. The van der Waals surface area contributed by atoms with E-state index >= 15 is 0 Å². The van der Waals surface area contributed by atoms with Crippen LogP contribution in [-0.4, -0.2) is 32.3 Å². The Balaban J connectivity index is 1.70. The Kier molecular flexibility index (Phi) is 5.98. The molecule has 0 saturated carbocycles. The van der Waals surface area contributed by atoms with Crippen molar-refractivity contribution < 1.29 is 23.8 Å². The number of carbonyl (C=O) groups excluding carboxylic acids is 1. The summed E-state index contributed by atoms with van der Waals surface area (Å²) in [7, 11) is 0. The highest BCUT2D eigenvalue weighted by Crippen LogP contribution is 2.33. The zero-order valence-corrected chi connectivity index (χ0v) is 16.1. The van der Waals surface area contributed by atoms with Gasteiger partial charge in [-0.15, -0.1) is 0 Å². The van der Waals surface area contributed by atoms with E-state index in [1.54, 1.807) is 55.7 Å². The molecule has 140 valence electrons. The number of aliphatic carboxylic acids is 1. The Morgan fingerprint density at radius 3 is 2.70 bits per heavy atom. The monoisotopic (exact) mass is 403 g/mol. The SMILES string of the molecule is CCC(Oc1ccc(/C=C2/SC(=S)N(Cc3ccco3)C2=O)cc1)C(=O)O. The van der Waals surface area contributed by atoms with Gasteiger partial charge >= 0.3 is 5.97 Å². The molecule has 3 rings (SSSR count). The molecule has 1 atom stereocenters. The largest absolute Gasteiger partial charge is 0.479 e. The van der Waals surface area contributed by atoms with Crippen molar-refractivity contribution >= 4 is 46.3 Å². The van der Waals surface area contributed by atoms with Crippen molar-refractivity contribution in [2.75, 3.05) is 0 Å². The first-order chi connectivity index (χ1) is 13.0. The molecular weight excluding hydrogens is 386 g/mol. The zero-order chi connectivity index (χ0) is 19.4. The lowest BCUT2D eigenvalue weighted by Crippen LogP contribution is -2.27.